The van der Waals surface area contributed by atoms with Crippen molar-refractivity contribution in [3.63, 3.8) is 0 Å². The fraction of sp³-hybridized carbons (Fsp3) is 0.364. The van der Waals surface area contributed by atoms with Gasteiger partial charge in [0.15, 0.2) is 0 Å². The van der Waals surface area contributed by atoms with Crippen LogP contribution < -0.4 is 10.2 Å². The Balaban J connectivity index is 1.61. The standard InChI is InChI=1S/C22H27N3O3/c1-28-14-13-24(16-18-7-3-2-4-8-18)17-21(26)23-19-9-5-10-20(15-19)25-12-6-11-22(25)27/h2-5,7-10,15H,6,11-14,16-17H2,1H3,(H,23,26). The van der Waals surface area contributed by atoms with Crippen LogP contribution in [0.3, 0.4) is 0 Å². The molecule has 0 spiro atoms. The first kappa shape index (κ1) is 20.0. The Bertz CT molecular complexity index is 795. The third-order valence-electron chi connectivity index (χ3n) is 4.74. The first-order chi connectivity index (χ1) is 13.7. The second kappa shape index (κ2) is 10.0. The van der Waals surface area contributed by atoms with Gasteiger partial charge in [-0.2, -0.15) is 0 Å². The molecule has 1 aliphatic rings. The zero-order valence-corrected chi connectivity index (χ0v) is 16.3. The minimum atomic E-state index is -0.0862. The predicted octanol–water partition coefficient (Wildman–Crippen LogP) is 2.90. The van der Waals surface area contributed by atoms with Gasteiger partial charge in [0.1, 0.15) is 0 Å². The van der Waals surface area contributed by atoms with Crippen molar-refractivity contribution in [2.75, 3.05) is 43.6 Å². The van der Waals surface area contributed by atoms with Gasteiger partial charge in [-0.05, 0) is 30.2 Å². The van der Waals surface area contributed by atoms with Crippen molar-refractivity contribution in [3.8, 4) is 0 Å². The third-order valence-corrected chi connectivity index (χ3v) is 4.74. The van der Waals surface area contributed by atoms with Gasteiger partial charge in [-0.3, -0.25) is 14.5 Å². The lowest BCUT2D eigenvalue weighted by Crippen LogP contribution is -2.35. The van der Waals surface area contributed by atoms with Gasteiger partial charge in [0.05, 0.1) is 13.2 Å². The SMILES string of the molecule is COCCN(CC(=O)Nc1cccc(N2CCCC2=O)c1)Cc1ccccc1. The maximum absolute atomic E-state index is 12.6. The molecule has 6 heteroatoms. The van der Waals surface area contributed by atoms with Gasteiger partial charge in [0, 0.05) is 44.5 Å². The number of hydrogen-bond acceptors (Lipinski definition) is 4. The molecule has 1 aliphatic heterocycles. The number of carbonyl (C=O) groups is 2. The monoisotopic (exact) mass is 381 g/mol. The van der Waals surface area contributed by atoms with E-state index in [0.717, 1.165) is 24.2 Å². The van der Waals surface area contributed by atoms with Crippen molar-refractivity contribution in [1.82, 2.24) is 4.90 Å². The van der Waals surface area contributed by atoms with E-state index in [4.69, 9.17) is 4.74 Å². The van der Waals surface area contributed by atoms with Crippen molar-refractivity contribution in [3.05, 3.63) is 60.2 Å². The van der Waals surface area contributed by atoms with Crippen LogP contribution in [-0.4, -0.2) is 50.1 Å². The van der Waals surface area contributed by atoms with E-state index in [1.165, 1.54) is 0 Å². The molecule has 0 aliphatic carbocycles. The number of nitrogens with zero attached hydrogens (tertiary/aromatic N) is 2. The van der Waals surface area contributed by atoms with Crippen LogP contribution in [0.1, 0.15) is 18.4 Å². The topological polar surface area (TPSA) is 61.9 Å². The Kier molecular flexibility index (Phi) is 7.17. The number of hydrogen-bond donors (Lipinski definition) is 1. The number of nitrogens with one attached hydrogen (secondary N) is 1. The van der Waals surface area contributed by atoms with Crippen LogP contribution in [0.15, 0.2) is 54.6 Å². The van der Waals surface area contributed by atoms with Gasteiger partial charge in [-0.15, -0.1) is 0 Å². The molecule has 1 saturated heterocycles. The van der Waals surface area contributed by atoms with Crippen molar-refractivity contribution < 1.29 is 14.3 Å². The average molecular weight is 381 g/mol. The largest absolute Gasteiger partial charge is 0.383 e. The molecule has 2 amide bonds. The molecular formula is C22H27N3O3. The Morgan fingerprint density at radius 3 is 2.71 bits per heavy atom. The normalized spacial score (nSPS) is 13.9. The summed E-state index contributed by atoms with van der Waals surface area (Å²) in [5, 5.41) is 2.95. The van der Waals surface area contributed by atoms with Crippen molar-refractivity contribution in [1.29, 1.82) is 0 Å². The summed E-state index contributed by atoms with van der Waals surface area (Å²) in [6.45, 7) is 2.91. The summed E-state index contributed by atoms with van der Waals surface area (Å²) in [5.41, 5.74) is 2.69. The van der Waals surface area contributed by atoms with Gasteiger partial charge in [-0.25, -0.2) is 0 Å². The Labute approximate surface area is 166 Å². The van der Waals surface area contributed by atoms with E-state index >= 15 is 0 Å². The van der Waals surface area contributed by atoms with Gasteiger partial charge in [-0.1, -0.05) is 36.4 Å². The van der Waals surface area contributed by atoms with Crippen LogP contribution in [0.25, 0.3) is 0 Å². The molecule has 0 saturated carbocycles. The highest BCUT2D eigenvalue weighted by atomic mass is 16.5. The zero-order valence-electron chi connectivity index (χ0n) is 16.3. The van der Waals surface area contributed by atoms with Crippen molar-refractivity contribution in [2.45, 2.75) is 19.4 Å². The lowest BCUT2D eigenvalue weighted by molar-refractivity contribution is -0.118. The zero-order chi connectivity index (χ0) is 19.8. The Hall–Kier alpha value is -2.70. The second-order valence-corrected chi connectivity index (χ2v) is 6.94. The van der Waals surface area contributed by atoms with E-state index < -0.39 is 0 Å². The molecule has 2 aromatic rings. The number of benzene rings is 2. The summed E-state index contributed by atoms with van der Waals surface area (Å²) in [7, 11) is 1.66. The summed E-state index contributed by atoms with van der Waals surface area (Å²) >= 11 is 0. The van der Waals surface area contributed by atoms with E-state index in [1.807, 2.05) is 54.6 Å². The molecule has 1 N–H and O–H groups in total. The van der Waals surface area contributed by atoms with Crippen LogP contribution in [0.2, 0.25) is 0 Å². The molecule has 2 aromatic carbocycles. The van der Waals surface area contributed by atoms with Crippen LogP contribution in [0.5, 0.6) is 0 Å². The van der Waals surface area contributed by atoms with Crippen molar-refractivity contribution >= 4 is 23.2 Å². The highest BCUT2D eigenvalue weighted by molar-refractivity contribution is 5.97. The number of methoxy groups -OCH3 is 1. The fourth-order valence-electron chi connectivity index (χ4n) is 3.35. The lowest BCUT2D eigenvalue weighted by atomic mass is 10.2. The molecular weight excluding hydrogens is 354 g/mol. The first-order valence-electron chi connectivity index (χ1n) is 9.61. The number of ether oxygens (including phenoxy) is 1. The Morgan fingerprint density at radius 1 is 1.18 bits per heavy atom. The maximum atomic E-state index is 12.6. The molecule has 6 nitrogen and oxygen atoms in total. The molecule has 1 heterocycles. The second-order valence-electron chi connectivity index (χ2n) is 6.94. The van der Waals surface area contributed by atoms with E-state index in [0.29, 0.717) is 31.8 Å². The average Bonchev–Trinajstić information content (AvgIpc) is 3.13. The van der Waals surface area contributed by atoms with Crippen LogP contribution in [-0.2, 0) is 20.9 Å². The van der Waals surface area contributed by atoms with Crippen molar-refractivity contribution in [2.24, 2.45) is 0 Å². The molecule has 0 bridgehead atoms. The summed E-state index contributed by atoms with van der Waals surface area (Å²) in [6, 6.07) is 17.5. The summed E-state index contributed by atoms with van der Waals surface area (Å²) in [4.78, 5) is 28.4. The number of amides is 2. The highest BCUT2D eigenvalue weighted by Gasteiger charge is 2.22. The van der Waals surface area contributed by atoms with Gasteiger partial charge in [0.2, 0.25) is 11.8 Å². The smallest absolute Gasteiger partial charge is 0.238 e. The third kappa shape index (κ3) is 5.65. The van der Waals surface area contributed by atoms with E-state index in [1.54, 1.807) is 12.0 Å². The van der Waals surface area contributed by atoms with E-state index in [9.17, 15) is 9.59 Å². The number of anilines is 2. The molecule has 0 radical (unpaired) electrons. The van der Waals surface area contributed by atoms with Crippen LogP contribution in [0.4, 0.5) is 11.4 Å². The lowest BCUT2D eigenvalue weighted by Gasteiger charge is -2.22. The summed E-state index contributed by atoms with van der Waals surface area (Å²) < 4.78 is 5.18. The molecule has 148 valence electrons. The quantitative estimate of drug-likeness (QED) is 0.726. The number of carbonyl (C=O) groups excluding carboxylic acids is 2. The molecule has 1 fully saturated rings. The Morgan fingerprint density at radius 2 is 2.00 bits per heavy atom. The summed E-state index contributed by atoms with van der Waals surface area (Å²) in [6.07, 6.45) is 1.47. The molecule has 3 rings (SSSR count). The van der Waals surface area contributed by atoms with Crippen LogP contribution >= 0.6 is 0 Å². The molecule has 0 atom stereocenters. The maximum Gasteiger partial charge on any atom is 0.238 e. The minimum Gasteiger partial charge on any atom is -0.383 e. The van der Waals surface area contributed by atoms with E-state index in [-0.39, 0.29) is 18.4 Å². The van der Waals surface area contributed by atoms with Crippen LogP contribution in [0, 0.1) is 0 Å². The van der Waals surface area contributed by atoms with Gasteiger partial charge >= 0.3 is 0 Å². The van der Waals surface area contributed by atoms with E-state index in [2.05, 4.69) is 10.2 Å². The molecule has 0 aromatic heterocycles. The molecule has 0 unspecified atom stereocenters. The highest BCUT2D eigenvalue weighted by Crippen LogP contribution is 2.24. The minimum absolute atomic E-state index is 0.0862. The number of rotatable bonds is 9. The van der Waals surface area contributed by atoms with Gasteiger partial charge < -0.3 is 15.0 Å². The predicted molar refractivity (Wildman–Crippen MR) is 110 cm³/mol. The fourth-order valence-corrected chi connectivity index (χ4v) is 3.35. The molecule has 28 heavy (non-hydrogen) atoms. The summed E-state index contributed by atoms with van der Waals surface area (Å²) in [5.74, 6) is 0.0500. The first-order valence-corrected chi connectivity index (χ1v) is 9.61. The van der Waals surface area contributed by atoms with Gasteiger partial charge in [0.25, 0.3) is 0 Å².